The van der Waals surface area contributed by atoms with Gasteiger partial charge < -0.3 is 49.5 Å². The fourth-order valence-electron chi connectivity index (χ4n) is 4.76. The Kier molecular flexibility index (Phi) is 7.31. The Morgan fingerprint density at radius 3 is 2.61 bits per heavy atom. The molecule has 1 aromatic rings. The highest BCUT2D eigenvalue weighted by Gasteiger charge is 2.61. The average Bonchev–Trinajstić information content (AvgIpc) is 3.27. The van der Waals surface area contributed by atoms with Gasteiger partial charge in [0.25, 0.3) is 0 Å². The molecule has 0 amide bonds. The first kappa shape index (κ1) is 23.1. The minimum atomic E-state index is -1.17. The molecule has 9 atom stereocenters. The predicted molar refractivity (Wildman–Crippen MR) is 110 cm³/mol. The molecule has 1 aromatic heterocycles. The van der Waals surface area contributed by atoms with E-state index < -0.39 is 48.6 Å². The van der Waals surface area contributed by atoms with Crippen molar-refractivity contribution in [1.29, 1.82) is 0 Å². The zero-order valence-electron chi connectivity index (χ0n) is 18.3. The van der Waals surface area contributed by atoms with Crippen LogP contribution in [0, 0.1) is 0 Å². The quantitative estimate of drug-likeness (QED) is 0.319. The monoisotopic (exact) mass is 441 g/mol. The molecule has 2 saturated heterocycles. The van der Waals surface area contributed by atoms with Gasteiger partial charge in [0.2, 0.25) is 12.1 Å². The minimum absolute atomic E-state index is 0.163. The number of likely N-dealkylation sites (N-methyl/N-ethyl adjacent to an activating group) is 2. The van der Waals surface area contributed by atoms with Crippen LogP contribution in [0.3, 0.4) is 0 Å². The summed E-state index contributed by atoms with van der Waals surface area (Å²) in [5, 5.41) is 31.1. The second-order valence-corrected chi connectivity index (χ2v) is 8.55. The summed E-state index contributed by atoms with van der Waals surface area (Å²) in [6.45, 7) is 3.35. The van der Waals surface area contributed by atoms with E-state index in [0.717, 1.165) is 25.1 Å². The van der Waals surface area contributed by atoms with E-state index in [1.807, 2.05) is 19.1 Å². The second kappa shape index (κ2) is 9.82. The highest BCUT2D eigenvalue weighted by Crippen LogP contribution is 2.40. The molecule has 10 heteroatoms. The maximum absolute atomic E-state index is 10.8. The summed E-state index contributed by atoms with van der Waals surface area (Å²) in [7, 11) is 3.46. The number of hydrogen-bond acceptors (Lipinski definition) is 10. The van der Waals surface area contributed by atoms with E-state index >= 15 is 0 Å². The standard InChI is InChI=1S/C21H35N3O7/c1-12-10-28-21(11-24-8-4-6-13-7-5-9-27-13)20(29-12)30-19-17(26)14(22-2)16(25)15(23-3)18(19)31-21/h5,7,9,12,14-20,22-26H,4,6,8,10-11H2,1-3H3/t12-,14-,15+,16+,17+,18?,19?,20?,21+/m1/s1. The van der Waals surface area contributed by atoms with Crippen molar-refractivity contribution in [2.45, 2.75) is 74.4 Å². The number of ether oxygens (including phenoxy) is 4. The maximum Gasteiger partial charge on any atom is 0.234 e. The van der Waals surface area contributed by atoms with Crippen LogP contribution in [0.5, 0.6) is 0 Å². The summed E-state index contributed by atoms with van der Waals surface area (Å²) in [6.07, 6.45) is -0.686. The zero-order valence-corrected chi connectivity index (χ0v) is 18.3. The fourth-order valence-corrected chi connectivity index (χ4v) is 4.76. The van der Waals surface area contributed by atoms with Gasteiger partial charge in [0.05, 0.1) is 43.7 Å². The van der Waals surface area contributed by atoms with E-state index in [-0.39, 0.29) is 6.10 Å². The number of aryl methyl sites for hydroxylation is 1. The Morgan fingerprint density at radius 2 is 1.90 bits per heavy atom. The van der Waals surface area contributed by atoms with Gasteiger partial charge in [-0.15, -0.1) is 0 Å². The summed E-state index contributed by atoms with van der Waals surface area (Å²) in [6, 6.07) is 2.83. The van der Waals surface area contributed by atoms with Crippen molar-refractivity contribution in [2.75, 3.05) is 33.8 Å². The molecule has 176 valence electrons. The summed E-state index contributed by atoms with van der Waals surface area (Å²) >= 11 is 0. The number of aliphatic hydroxyl groups is 2. The largest absolute Gasteiger partial charge is 0.469 e. The molecule has 31 heavy (non-hydrogen) atoms. The van der Waals surface area contributed by atoms with Crippen molar-refractivity contribution in [3.05, 3.63) is 24.2 Å². The molecule has 1 aliphatic carbocycles. The van der Waals surface area contributed by atoms with Gasteiger partial charge >= 0.3 is 0 Å². The Bertz CT molecular complexity index is 693. The van der Waals surface area contributed by atoms with Crippen LogP contribution in [-0.2, 0) is 25.4 Å². The Labute approximate surface area is 182 Å². The van der Waals surface area contributed by atoms with Crippen LogP contribution >= 0.6 is 0 Å². The lowest BCUT2D eigenvalue weighted by molar-refractivity contribution is -0.460. The third-order valence-electron chi connectivity index (χ3n) is 6.41. The Balaban J connectivity index is 1.45. The second-order valence-electron chi connectivity index (χ2n) is 8.55. The number of nitrogens with one attached hydrogen (secondary N) is 3. The summed E-state index contributed by atoms with van der Waals surface area (Å²) in [5.74, 6) is -0.218. The van der Waals surface area contributed by atoms with Crippen molar-refractivity contribution >= 4 is 0 Å². The van der Waals surface area contributed by atoms with Crippen LogP contribution in [0.4, 0.5) is 0 Å². The van der Waals surface area contributed by atoms with E-state index in [1.165, 1.54) is 0 Å². The SMILES string of the molecule is CN[C@@H]1[C@H](O)[C@H](NC)C2O[C@]3(CNCCCc4ccco4)OC[C@@H](C)OC3OC2[C@H]1O. The third kappa shape index (κ3) is 4.54. The van der Waals surface area contributed by atoms with Gasteiger partial charge in [-0.3, -0.25) is 0 Å². The summed E-state index contributed by atoms with van der Waals surface area (Å²) in [5.41, 5.74) is 0. The number of rotatable bonds is 8. The molecule has 3 fully saturated rings. The van der Waals surface area contributed by atoms with Crippen LogP contribution in [0.2, 0.25) is 0 Å². The summed E-state index contributed by atoms with van der Waals surface area (Å²) < 4.78 is 30.2. The molecule has 4 rings (SSSR count). The third-order valence-corrected chi connectivity index (χ3v) is 6.41. The molecule has 3 heterocycles. The fraction of sp³-hybridized carbons (Fsp3) is 0.810. The van der Waals surface area contributed by atoms with E-state index in [9.17, 15) is 10.2 Å². The van der Waals surface area contributed by atoms with Crippen LogP contribution in [-0.4, -0.2) is 98.7 Å². The maximum atomic E-state index is 10.8. The van der Waals surface area contributed by atoms with Gasteiger partial charge in [0, 0.05) is 6.42 Å². The van der Waals surface area contributed by atoms with Crippen molar-refractivity contribution in [2.24, 2.45) is 0 Å². The topological polar surface area (TPSA) is 127 Å². The minimum Gasteiger partial charge on any atom is -0.469 e. The molecule has 1 saturated carbocycles. The van der Waals surface area contributed by atoms with E-state index in [0.29, 0.717) is 13.2 Å². The number of furan rings is 1. The molecule has 3 aliphatic rings. The highest BCUT2D eigenvalue weighted by atomic mass is 16.8. The first-order valence-electron chi connectivity index (χ1n) is 11.1. The van der Waals surface area contributed by atoms with Crippen molar-refractivity contribution in [1.82, 2.24) is 16.0 Å². The molecule has 0 radical (unpaired) electrons. The molecule has 3 unspecified atom stereocenters. The van der Waals surface area contributed by atoms with Crippen LogP contribution in [0.25, 0.3) is 0 Å². The van der Waals surface area contributed by atoms with Crippen molar-refractivity contribution in [3.63, 3.8) is 0 Å². The molecule has 0 spiro atoms. The average molecular weight is 442 g/mol. The van der Waals surface area contributed by atoms with Crippen LogP contribution in [0.15, 0.2) is 22.8 Å². The Hall–Kier alpha value is -1.08. The molecule has 0 aromatic carbocycles. The molecular weight excluding hydrogens is 406 g/mol. The number of fused-ring (bicyclic) bond motifs is 2. The van der Waals surface area contributed by atoms with Gasteiger partial charge in [0.15, 0.2) is 0 Å². The van der Waals surface area contributed by atoms with Gasteiger partial charge in [0.1, 0.15) is 24.1 Å². The van der Waals surface area contributed by atoms with Gasteiger partial charge in [-0.2, -0.15) is 0 Å². The first-order valence-corrected chi connectivity index (χ1v) is 11.1. The lowest BCUT2D eigenvalue weighted by Crippen LogP contribution is -2.78. The smallest absolute Gasteiger partial charge is 0.234 e. The highest BCUT2D eigenvalue weighted by molar-refractivity contribution is 5.09. The van der Waals surface area contributed by atoms with E-state index in [2.05, 4.69) is 16.0 Å². The normalized spacial score (nSPS) is 42.7. The number of aliphatic hydroxyl groups excluding tert-OH is 2. The van der Waals surface area contributed by atoms with Crippen LogP contribution in [0.1, 0.15) is 19.1 Å². The molecule has 5 N–H and O–H groups in total. The van der Waals surface area contributed by atoms with Gasteiger partial charge in [-0.25, -0.2) is 0 Å². The zero-order chi connectivity index (χ0) is 22.0. The lowest BCUT2D eigenvalue weighted by Gasteiger charge is -2.57. The number of hydrogen-bond donors (Lipinski definition) is 5. The molecule has 2 aliphatic heterocycles. The molecular formula is C21H35N3O7. The van der Waals surface area contributed by atoms with Crippen LogP contribution < -0.4 is 16.0 Å². The first-order chi connectivity index (χ1) is 15.0. The predicted octanol–water partition coefficient (Wildman–Crippen LogP) is -1.05. The molecule has 0 bridgehead atoms. The van der Waals surface area contributed by atoms with Crippen molar-refractivity contribution < 1.29 is 33.6 Å². The van der Waals surface area contributed by atoms with E-state index in [1.54, 1.807) is 20.4 Å². The van der Waals surface area contributed by atoms with Gasteiger partial charge in [-0.05, 0) is 46.1 Å². The molecule has 10 nitrogen and oxygen atoms in total. The van der Waals surface area contributed by atoms with E-state index in [4.69, 9.17) is 23.4 Å². The summed E-state index contributed by atoms with van der Waals surface area (Å²) in [4.78, 5) is 0. The van der Waals surface area contributed by atoms with Crippen molar-refractivity contribution in [3.8, 4) is 0 Å². The van der Waals surface area contributed by atoms with Gasteiger partial charge in [-0.1, -0.05) is 0 Å². The Morgan fingerprint density at radius 1 is 1.10 bits per heavy atom. The lowest BCUT2D eigenvalue weighted by atomic mass is 9.80.